The first kappa shape index (κ1) is 11.9. The first-order valence-electron chi connectivity index (χ1n) is 5.07. The molecule has 0 fully saturated rings. The summed E-state index contributed by atoms with van der Waals surface area (Å²) in [5.74, 6) is 0.187. The third kappa shape index (κ3) is 1.98. The van der Waals surface area contributed by atoms with Gasteiger partial charge in [0.2, 0.25) is 5.71 Å². The van der Waals surface area contributed by atoms with Gasteiger partial charge in [-0.15, -0.1) is 0 Å². The number of esters is 1. The average molecular weight is 255 g/mol. The number of halogens is 1. The largest absolute Gasteiger partial charge is 0.464 e. The maximum absolute atomic E-state index is 11.3. The Balaban J connectivity index is 2.61. The highest BCUT2D eigenvalue weighted by molar-refractivity contribution is 6.35. The van der Waals surface area contributed by atoms with Gasteiger partial charge < -0.3 is 9.15 Å². The monoisotopic (exact) mass is 254 g/mol. The van der Waals surface area contributed by atoms with Crippen LogP contribution in [0.2, 0.25) is 5.02 Å². The van der Waals surface area contributed by atoms with E-state index in [1.807, 2.05) is 13.8 Å². The van der Waals surface area contributed by atoms with E-state index < -0.39 is 5.97 Å². The van der Waals surface area contributed by atoms with Gasteiger partial charge in [0.1, 0.15) is 16.3 Å². The van der Waals surface area contributed by atoms with Gasteiger partial charge in [-0.05, 0) is 0 Å². The molecule has 0 unspecified atom stereocenters. The summed E-state index contributed by atoms with van der Waals surface area (Å²) >= 11 is 6.12. The Labute approximate surface area is 103 Å². The van der Waals surface area contributed by atoms with Gasteiger partial charge in [0.15, 0.2) is 5.69 Å². The fourth-order valence-corrected chi connectivity index (χ4v) is 1.82. The van der Waals surface area contributed by atoms with Crippen molar-refractivity contribution >= 4 is 28.8 Å². The second-order valence-corrected chi connectivity index (χ2v) is 4.21. The van der Waals surface area contributed by atoms with Gasteiger partial charge in [-0.25, -0.2) is 14.8 Å². The molecule has 90 valence electrons. The summed E-state index contributed by atoms with van der Waals surface area (Å²) in [6, 6.07) is 0. The van der Waals surface area contributed by atoms with Gasteiger partial charge in [-0.1, -0.05) is 25.4 Å². The normalized spacial score (nSPS) is 11.1. The standard InChI is InChI=1S/C11H11ClN2O3/c1-5(2)9-7(12)8-10(17-9)13-4-6(14-8)11(15)16-3/h4-5H,1-3H3. The molecule has 0 atom stereocenters. The topological polar surface area (TPSA) is 65.2 Å². The SMILES string of the molecule is COC(=O)c1cnc2oc(C(C)C)c(Cl)c2n1. The summed E-state index contributed by atoms with van der Waals surface area (Å²) in [6.07, 6.45) is 1.30. The minimum atomic E-state index is -0.553. The molecule has 6 heteroatoms. The highest BCUT2D eigenvalue weighted by atomic mass is 35.5. The van der Waals surface area contributed by atoms with Crippen LogP contribution in [0, 0.1) is 0 Å². The van der Waals surface area contributed by atoms with Crippen LogP contribution in [-0.2, 0) is 4.74 Å². The molecule has 0 saturated carbocycles. The van der Waals surface area contributed by atoms with Crippen molar-refractivity contribution in [3.05, 3.63) is 22.7 Å². The van der Waals surface area contributed by atoms with Crippen LogP contribution in [0.5, 0.6) is 0 Å². The Morgan fingerprint density at radius 1 is 1.53 bits per heavy atom. The molecule has 0 radical (unpaired) electrons. The smallest absolute Gasteiger partial charge is 0.358 e. The van der Waals surface area contributed by atoms with Crippen molar-refractivity contribution in [2.45, 2.75) is 19.8 Å². The fraction of sp³-hybridized carbons (Fsp3) is 0.364. The summed E-state index contributed by atoms with van der Waals surface area (Å²) in [6.45, 7) is 3.90. The third-order valence-electron chi connectivity index (χ3n) is 2.29. The van der Waals surface area contributed by atoms with Crippen LogP contribution >= 0.6 is 11.6 Å². The second-order valence-electron chi connectivity index (χ2n) is 3.84. The van der Waals surface area contributed by atoms with Gasteiger partial charge in [-0.2, -0.15) is 0 Å². The molecule has 0 aliphatic carbocycles. The van der Waals surface area contributed by atoms with Gasteiger partial charge in [-0.3, -0.25) is 0 Å². The molecular formula is C11H11ClN2O3. The minimum Gasteiger partial charge on any atom is -0.464 e. The molecule has 2 aromatic rings. The number of carbonyl (C=O) groups excluding carboxylic acids is 1. The van der Waals surface area contributed by atoms with E-state index in [0.29, 0.717) is 22.0 Å². The average Bonchev–Trinajstić information content (AvgIpc) is 2.65. The van der Waals surface area contributed by atoms with Crippen LogP contribution in [0.1, 0.15) is 36.0 Å². The van der Waals surface area contributed by atoms with Crippen molar-refractivity contribution in [2.75, 3.05) is 7.11 Å². The zero-order valence-electron chi connectivity index (χ0n) is 9.65. The van der Waals surface area contributed by atoms with Crippen molar-refractivity contribution in [1.82, 2.24) is 9.97 Å². The van der Waals surface area contributed by atoms with Crippen molar-refractivity contribution in [2.24, 2.45) is 0 Å². The van der Waals surface area contributed by atoms with E-state index in [4.69, 9.17) is 16.0 Å². The second kappa shape index (κ2) is 4.33. The number of furan rings is 1. The number of fused-ring (bicyclic) bond motifs is 1. The lowest BCUT2D eigenvalue weighted by Crippen LogP contribution is -2.04. The van der Waals surface area contributed by atoms with E-state index in [0.717, 1.165) is 0 Å². The Hall–Kier alpha value is -1.62. The number of hydrogen-bond donors (Lipinski definition) is 0. The van der Waals surface area contributed by atoms with Crippen molar-refractivity contribution < 1.29 is 13.9 Å². The lowest BCUT2D eigenvalue weighted by atomic mass is 10.1. The highest BCUT2D eigenvalue weighted by Crippen LogP contribution is 2.32. The molecule has 2 heterocycles. The summed E-state index contributed by atoms with van der Waals surface area (Å²) in [5, 5.41) is 0.397. The van der Waals surface area contributed by atoms with E-state index >= 15 is 0 Å². The molecule has 0 aliphatic rings. The zero-order chi connectivity index (χ0) is 12.6. The molecule has 0 spiro atoms. The molecule has 0 amide bonds. The lowest BCUT2D eigenvalue weighted by Gasteiger charge is -1.97. The number of carbonyl (C=O) groups is 1. The fourth-order valence-electron chi connectivity index (χ4n) is 1.44. The summed E-state index contributed by atoms with van der Waals surface area (Å²) in [5.41, 5.74) is 0.822. The maximum Gasteiger partial charge on any atom is 0.358 e. The van der Waals surface area contributed by atoms with Crippen molar-refractivity contribution in [3.8, 4) is 0 Å². The molecule has 0 saturated heterocycles. The molecule has 2 rings (SSSR count). The van der Waals surface area contributed by atoms with Crippen LogP contribution < -0.4 is 0 Å². The van der Waals surface area contributed by atoms with Crippen LogP contribution in [0.3, 0.4) is 0 Å². The van der Waals surface area contributed by atoms with Crippen LogP contribution in [0.15, 0.2) is 10.6 Å². The van der Waals surface area contributed by atoms with Crippen molar-refractivity contribution in [3.63, 3.8) is 0 Å². The number of methoxy groups -OCH3 is 1. The van der Waals surface area contributed by atoms with Gasteiger partial charge in [0.05, 0.1) is 13.3 Å². The molecule has 0 aliphatic heterocycles. The highest BCUT2D eigenvalue weighted by Gasteiger charge is 2.19. The quantitative estimate of drug-likeness (QED) is 0.771. The number of hydrogen-bond acceptors (Lipinski definition) is 5. The van der Waals surface area contributed by atoms with Crippen LogP contribution in [0.25, 0.3) is 11.2 Å². The molecule has 17 heavy (non-hydrogen) atoms. The van der Waals surface area contributed by atoms with E-state index in [9.17, 15) is 4.79 Å². The van der Waals surface area contributed by atoms with E-state index in [2.05, 4.69) is 14.7 Å². The van der Waals surface area contributed by atoms with Crippen molar-refractivity contribution in [1.29, 1.82) is 0 Å². The number of aromatic nitrogens is 2. The first-order valence-corrected chi connectivity index (χ1v) is 5.45. The number of rotatable bonds is 2. The van der Waals surface area contributed by atoms with Crippen LogP contribution in [-0.4, -0.2) is 23.0 Å². The molecule has 0 bridgehead atoms. The minimum absolute atomic E-state index is 0.109. The zero-order valence-corrected chi connectivity index (χ0v) is 10.4. The summed E-state index contributed by atoms with van der Waals surface area (Å²) < 4.78 is 10.0. The van der Waals surface area contributed by atoms with Gasteiger partial charge in [0.25, 0.3) is 0 Å². The summed E-state index contributed by atoms with van der Waals surface area (Å²) in [4.78, 5) is 19.4. The lowest BCUT2D eigenvalue weighted by molar-refractivity contribution is 0.0594. The van der Waals surface area contributed by atoms with Gasteiger partial charge in [0, 0.05) is 5.92 Å². The molecule has 5 nitrogen and oxygen atoms in total. The van der Waals surface area contributed by atoms with E-state index in [1.54, 1.807) is 0 Å². The predicted molar refractivity (Wildman–Crippen MR) is 62.2 cm³/mol. The third-order valence-corrected chi connectivity index (χ3v) is 2.65. The Morgan fingerprint density at radius 2 is 2.24 bits per heavy atom. The molecule has 2 aromatic heterocycles. The predicted octanol–water partition coefficient (Wildman–Crippen LogP) is 2.79. The maximum atomic E-state index is 11.3. The van der Waals surface area contributed by atoms with E-state index in [1.165, 1.54) is 13.3 Å². The van der Waals surface area contributed by atoms with E-state index in [-0.39, 0.29) is 11.6 Å². The Morgan fingerprint density at radius 3 is 2.82 bits per heavy atom. The molecule has 0 N–H and O–H groups in total. The Kier molecular flexibility index (Phi) is 3.02. The number of nitrogens with zero attached hydrogens (tertiary/aromatic N) is 2. The molecular weight excluding hydrogens is 244 g/mol. The van der Waals surface area contributed by atoms with Crippen LogP contribution in [0.4, 0.5) is 0 Å². The summed E-state index contributed by atoms with van der Waals surface area (Å²) in [7, 11) is 1.28. The number of ether oxygens (including phenoxy) is 1. The Bertz CT molecular complexity index is 577. The molecule has 0 aromatic carbocycles. The van der Waals surface area contributed by atoms with Gasteiger partial charge >= 0.3 is 5.97 Å². The first-order chi connectivity index (χ1) is 8.04.